The molecule has 0 amide bonds. The van der Waals surface area contributed by atoms with Crippen molar-refractivity contribution in [3.63, 3.8) is 0 Å². The average Bonchev–Trinajstić information content (AvgIpc) is 2.83. The van der Waals surface area contributed by atoms with Crippen LogP contribution in [0.4, 0.5) is 8.78 Å². The third-order valence-corrected chi connectivity index (χ3v) is 3.78. The molecule has 2 heterocycles. The van der Waals surface area contributed by atoms with E-state index in [1.165, 1.54) is 12.1 Å². The fraction of sp³-hybridized carbons (Fsp3) is 0.538. The molecule has 2 aliphatic heterocycles. The highest BCUT2D eigenvalue weighted by molar-refractivity contribution is 5.19. The van der Waals surface area contributed by atoms with Gasteiger partial charge in [-0.25, -0.2) is 14.1 Å². The van der Waals surface area contributed by atoms with E-state index in [0.717, 1.165) is 32.2 Å². The highest BCUT2D eigenvalue weighted by Crippen LogP contribution is 2.28. The largest absolute Gasteiger partial charge is 0.298 e. The van der Waals surface area contributed by atoms with Crippen molar-refractivity contribution in [2.45, 2.75) is 6.54 Å². The maximum absolute atomic E-state index is 13.5. The predicted octanol–water partition coefficient (Wildman–Crippen LogP) is 1.63. The number of hydrogen-bond acceptors (Lipinski definition) is 1. The molecular formula is C13H15F2N2. The highest BCUT2D eigenvalue weighted by Gasteiger charge is 2.36. The molecule has 1 radical (unpaired) electrons. The molecule has 2 nitrogen and oxygen atoms in total. The number of fused-ring (bicyclic) bond motifs is 1. The summed E-state index contributed by atoms with van der Waals surface area (Å²) < 4.78 is 26.6. The predicted molar refractivity (Wildman–Crippen MR) is 60.5 cm³/mol. The second-order valence-electron chi connectivity index (χ2n) is 5.04. The van der Waals surface area contributed by atoms with Crippen LogP contribution < -0.4 is 5.32 Å². The molecule has 0 N–H and O–H groups in total. The van der Waals surface area contributed by atoms with E-state index in [1.807, 2.05) is 0 Å². The van der Waals surface area contributed by atoms with Crippen LogP contribution in [0.1, 0.15) is 5.56 Å². The zero-order valence-electron chi connectivity index (χ0n) is 9.57. The summed E-state index contributed by atoms with van der Waals surface area (Å²) >= 11 is 0. The van der Waals surface area contributed by atoms with Gasteiger partial charge in [-0.3, -0.25) is 4.90 Å². The first kappa shape index (κ1) is 11.1. The molecule has 0 saturated carbocycles. The van der Waals surface area contributed by atoms with Crippen LogP contribution in [-0.2, 0) is 6.54 Å². The van der Waals surface area contributed by atoms with Crippen molar-refractivity contribution in [3.05, 3.63) is 35.4 Å². The van der Waals surface area contributed by atoms with Gasteiger partial charge in [0, 0.05) is 38.3 Å². The lowest BCUT2D eigenvalue weighted by atomic mass is 10.0. The molecule has 2 unspecified atom stereocenters. The summed E-state index contributed by atoms with van der Waals surface area (Å²) in [6, 6.07) is 3.67. The summed E-state index contributed by atoms with van der Waals surface area (Å²) in [5, 5.41) is 4.38. The van der Waals surface area contributed by atoms with E-state index < -0.39 is 0 Å². The van der Waals surface area contributed by atoms with Gasteiger partial charge in [0.15, 0.2) is 0 Å². The van der Waals surface area contributed by atoms with Gasteiger partial charge in [0.25, 0.3) is 0 Å². The van der Waals surface area contributed by atoms with E-state index in [2.05, 4.69) is 10.2 Å². The molecule has 0 spiro atoms. The van der Waals surface area contributed by atoms with Gasteiger partial charge in [-0.1, -0.05) is 0 Å². The van der Waals surface area contributed by atoms with Crippen molar-refractivity contribution in [1.82, 2.24) is 10.2 Å². The van der Waals surface area contributed by atoms with Crippen LogP contribution in [-0.4, -0.2) is 31.1 Å². The van der Waals surface area contributed by atoms with Gasteiger partial charge in [0.05, 0.1) is 0 Å². The molecule has 2 saturated heterocycles. The second-order valence-corrected chi connectivity index (χ2v) is 5.04. The van der Waals surface area contributed by atoms with Crippen LogP contribution in [0.15, 0.2) is 18.2 Å². The van der Waals surface area contributed by atoms with E-state index in [9.17, 15) is 8.78 Å². The molecule has 91 valence electrons. The summed E-state index contributed by atoms with van der Waals surface area (Å²) in [4.78, 5) is 2.21. The Morgan fingerprint density at radius 2 is 1.88 bits per heavy atom. The molecule has 17 heavy (non-hydrogen) atoms. The van der Waals surface area contributed by atoms with Gasteiger partial charge in [-0.05, 0) is 30.0 Å². The van der Waals surface area contributed by atoms with Crippen LogP contribution >= 0.6 is 0 Å². The summed E-state index contributed by atoms with van der Waals surface area (Å²) in [6.07, 6.45) is 0. The zero-order valence-corrected chi connectivity index (χ0v) is 9.57. The third-order valence-electron chi connectivity index (χ3n) is 3.78. The van der Waals surface area contributed by atoms with Crippen molar-refractivity contribution in [2.75, 3.05) is 26.2 Å². The standard InChI is InChI=1S/C13H15F2N2/c14-12-1-2-13(15)9(3-12)6-17-7-10-4-16-5-11(10)8-17/h1-3,10-11H,4-8H2. The van der Waals surface area contributed by atoms with Gasteiger partial charge in [0.1, 0.15) is 11.6 Å². The number of likely N-dealkylation sites (tertiary alicyclic amines) is 1. The Hall–Kier alpha value is -1.00. The number of halogens is 2. The Kier molecular flexibility index (Phi) is 2.84. The molecule has 3 rings (SSSR count). The first-order valence-corrected chi connectivity index (χ1v) is 6.02. The Morgan fingerprint density at radius 3 is 2.59 bits per heavy atom. The molecule has 0 bridgehead atoms. The normalized spacial score (nSPS) is 28.6. The van der Waals surface area contributed by atoms with Crippen molar-refractivity contribution in [3.8, 4) is 0 Å². The van der Waals surface area contributed by atoms with Crippen molar-refractivity contribution < 1.29 is 8.78 Å². The number of hydrogen-bond donors (Lipinski definition) is 0. The maximum atomic E-state index is 13.5. The van der Waals surface area contributed by atoms with Crippen LogP contribution in [0.2, 0.25) is 0 Å². The Labute approximate surface area is 99.6 Å². The fourth-order valence-corrected chi connectivity index (χ4v) is 2.89. The molecule has 2 aliphatic rings. The van der Waals surface area contributed by atoms with Crippen molar-refractivity contribution in [2.24, 2.45) is 11.8 Å². The Bertz CT molecular complexity index is 410. The highest BCUT2D eigenvalue weighted by atomic mass is 19.1. The van der Waals surface area contributed by atoms with Crippen LogP contribution in [0.5, 0.6) is 0 Å². The van der Waals surface area contributed by atoms with Gasteiger partial charge in [-0.15, -0.1) is 0 Å². The summed E-state index contributed by atoms with van der Waals surface area (Å²) in [6.45, 7) is 4.31. The molecule has 0 aliphatic carbocycles. The van der Waals surface area contributed by atoms with Crippen LogP contribution in [0.3, 0.4) is 0 Å². The Morgan fingerprint density at radius 1 is 1.18 bits per heavy atom. The van der Waals surface area contributed by atoms with E-state index in [4.69, 9.17) is 0 Å². The van der Waals surface area contributed by atoms with E-state index in [1.54, 1.807) is 0 Å². The van der Waals surface area contributed by atoms with Crippen LogP contribution in [0, 0.1) is 23.5 Å². The lowest BCUT2D eigenvalue weighted by Gasteiger charge is -2.17. The monoisotopic (exact) mass is 237 g/mol. The molecule has 1 aromatic rings. The second kappa shape index (κ2) is 4.35. The van der Waals surface area contributed by atoms with Crippen molar-refractivity contribution >= 4 is 0 Å². The average molecular weight is 237 g/mol. The fourth-order valence-electron chi connectivity index (χ4n) is 2.89. The SMILES string of the molecule is Fc1ccc(F)c(CN2CC3C[N]CC3C2)c1. The van der Waals surface area contributed by atoms with E-state index in [0.29, 0.717) is 23.9 Å². The summed E-state index contributed by atoms with van der Waals surface area (Å²) in [5.74, 6) is 0.585. The van der Waals surface area contributed by atoms with E-state index in [-0.39, 0.29) is 11.6 Å². The summed E-state index contributed by atoms with van der Waals surface area (Å²) in [5.41, 5.74) is 0.460. The lowest BCUT2D eigenvalue weighted by molar-refractivity contribution is 0.299. The number of rotatable bonds is 2. The maximum Gasteiger partial charge on any atom is 0.127 e. The first-order chi connectivity index (χ1) is 8.22. The first-order valence-electron chi connectivity index (χ1n) is 6.02. The Balaban J connectivity index is 1.69. The summed E-state index contributed by atoms with van der Waals surface area (Å²) in [7, 11) is 0. The minimum atomic E-state index is -0.365. The van der Waals surface area contributed by atoms with Crippen LogP contribution in [0.25, 0.3) is 0 Å². The molecule has 0 aromatic heterocycles. The molecule has 2 fully saturated rings. The molecule has 2 atom stereocenters. The van der Waals surface area contributed by atoms with Gasteiger partial charge < -0.3 is 0 Å². The smallest absolute Gasteiger partial charge is 0.127 e. The minimum Gasteiger partial charge on any atom is -0.298 e. The number of benzene rings is 1. The lowest BCUT2D eigenvalue weighted by Crippen LogP contribution is -2.24. The quantitative estimate of drug-likeness (QED) is 0.764. The van der Waals surface area contributed by atoms with Gasteiger partial charge in [0.2, 0.25) is 0 Å². The molecular weight excluding hydrogens is 222 g/mol. The van der Waals surface area contributed by atoms with Gasteiger partial charge >= 0.3 is 0 Å². The number of nitrogens with zero attached hydrogens (tertiary/aromatic N) is 2. The zero-order chi connectivity index (χ0) is 11.8. The minimum absolute atomic E-state index is 0.312. The molecule has 1 aromatic carbocycles. The third kappa shape index (κ3) is 2.19. The van der Waals surface area contributed by atoms with Gasteiger partial charge in [-0.2, -0.15) is 0 Å². The van der Waals surface area contributed by atoms with Crippen molar-refractivity contribution in [1.29, 1.82) is 0 Å². The molecule has 4 heteroatoms. The van der Waals surface area contributed by atoms with E-state index >= 15 is 0 Å². The topological polar surface area (TPSA) is 17.3 Å².